The van der Waals surface area contributed by atoms with Gasteiger partial charge in [-0.1, -0.05) is 12.1 Å². The summed E-state index contributed by atoms with van der Waals surface area (Å²) in [7, 11) is 0. The highest BCUT2D eigenvalue weighted by Crippen LogP contribution is 2.32. The third-order valence-electron chi connectivity index (χ3n) is 3.19. The molecule has 0 aliphatic rings. The first kappa shape index (κ1) is 19.5. The topological polar surface area (TPSA) is 41.1 Å². The van der Waals surface area contributed by atoms with Crippen LogP contribution in [-0.2, 0) is 6.18 Å². The van der Waals surface area contributed by atoms with Crippen LogP contribution >= 0.6 is 0 Å². The molecule has 2 rings (SSSR count). The van der Waals surface area contributed by atoms with Crippen molar-refractivity contribution in [2.45, 2.75) is 12.4 Å². The molecular formula is C16H11F7N2O. The summed E-state index contributed by atoms with van der Waals surface area (Å²) in [5.74, 6) is -2.57. The van der Waals surface area contributed by atoms with Gasteiger partial charge in [-0.15, -0.1) is 0 Å². The highest BCUT2D eigenvalue weighted by atomic mass is 19.4. The van der Waals surface area contributed by atoms with Gasteiger partial charge in [-0.05, 0) is 30.3 Å². The Morgan fingerprint density at radius 1 is 0.923 bits per heavy atom. The van der Waals surface area contributed by atoms with Crippen LogP contribution in [0.5, 0.6) is 0 Å². The Kier molecular flexibility index (Phi) is 5.43. The Labute approximate surface area is 142 Å². The molecule has 140 valence electrons. The van der Waals surface area contributed by atoms with Gasteiger partial charge in [0.1, 0.15) is 12.4 Å². The minimum absolute atomic E-state index is 0.0698. The van der Waals surface area contributed by atoms with E-state index in [9.17, 15) is 35.5 Å². The maximum Gasteiger partial charge on any atom is 0.419 e. The number of hydrogen-bond acceptors (Lipinski definition) is 2. The maximum atomic E-state index is 13.3. The van der Waals surface area contributed by atoms with Crippen LogP contribution in [0.15, 0.2) is 42.5 Å². The van der Waals surface area contributed by atoms with E-state index < -0.39 is 41.7 Å². The number of rotatable bonds is 4. The highest BCUT2D eigenvalue weighted by molar-refractivity contribution is 6.06. The molecule has 0 unspecified atom stereocenters. The van der Waals surface area contributed by atoms with E-state index in [0.29, 0.717) is 12.1 Å². The summed E-state index contributed by atoms with van der Waals surface area (Å²) in [6, 6.07) is 7.01. The SMILES string of the molecule is O=C(Nc1ccccc1NCC(F)(F)F)c1ccc(F)c(C(F)(F)F)c1. The van der Waals surface area contributed by atoms with Gasteiger partial charge in [0, 0.05) is 5.56 Å². The smallest absolute Gasteiger partial charge is 0.375 e. The van der Waals surface area contributed by atoms with Crippen LogP contribution < -0.4 is 10.6 Å². The summed E-state index contributed by atoms with van der Waals surface area (Å²) in [4.78, 5) is 12.1. The molecule has 0 aliphatic carbocycles. The van der Waals surface area contributed by atoms with E-state index in [2.05, 4.69) is 10.6 Å². The molecule has 3 nitrogen and oxygen atoms in total. The Morgan fingerprint density at radius 3 is 2.12 bits per heavy atom. The van der Waals surface area contributed by atoms with Gasteiger partial charge >= 0.3 is 12.4 Å². The summed E-state index contributed by atoms with van der Waals surface area (Å²) in [6.07, 6.45) is -9.50. The number of benzene rings is 2. The Morgan fingerprint density at radius 2 is 1.54 bits per heavy atom. The van der Waals surface area contributed by atoms with Gasteiger partial charge in [-0.3, -0.25) is 4.79 Å². The normalized spacial score (nSPS) is 12.0. The summed E-state index contributed by atoms with van der Waals surface area (Å²) in [5.41, 5.74) is -2.26. The van der Waals surface area contributed by atoms with Crippen LogP contribution in [0.3, 0.4) is 0 Å². The first-order valence-electron chi connectivity index (χ1n) is 7.05. The van der Waals surface area contributed by atoms with Crippen LogP contribution in [0.4, 0.5) is 42.1 Å². The number of carbonyl (C=O) groups is 1. The second-order valence-corrected chi connectivity index (χ2v) is 5.16. The average Bonchev–Trinajstić information content (AvgIpc) is 2.52. The van der Waals surface area contributed by atoms with Crippen molar-refractivity contribution in [3.05, 3.63) is 59.4 Å². The molecule has 0 fully saturated rings. The van der Waals surface area contributed by atoms with Crippen LogP contribution in [0.25, 0.3) is 0 Å². The van der Waals surface area contributed by atoms with E-state index in [1.807, 2.05) is 0 Å². The molecule has 1 amide bonds. The molecule has 10 heteroatoms. The zero-order valence-electron chi connectivity index (χ0n) is 12.8. The number of nitrogens with one attached hydrogen (secondary N) is 2. The van der Waals surface area contributed by atoms with Crippen molar-refractivity contribution in [1.29, 1.82) is 0 Å². The summed E-state index contributed by atoms with van der Waals surface area (Å²) >= 11 is 0. The second-order valence-electron chi connectivity index (χ2n) is 5.16. The predicted octanol–water partition coefficient (Wildman–Crippen LogP) is 5.07. The van der Waals surface area contributed by atoms with Crippen molar-refractivity contribution >= 4 is 17.3 Å². The van der Waals surface area contributed by atoms with Gasteiger partial charge in [-0.2, -0.15) is 26.3 Å². The lowest BCUT2D eigenvalue weighted by Gasteiger charge is -2.15. The standard InChI is InChI=1S/C16H11F7N2O/c17-11-6-5-9(7-10(11)16(21,22)23)14(26)25-13-4-2-1-3-12(13)24-8-15(18,19)20/h1-7,24H,8H2,(H,25,26). The van der Waals surface area contributed by atoms with Gasteiger partial charge in [0.25, 0.3) is 5.91 Å². The van der Waals surface area contributed by atoms with Crippen LogP contribution in [0.2, 0.25) is 0 Å². The van der Waals surface area contributed by atoms with Gasteiger partial charge < -0.3 is 10.6 Å². The zero-order valence-corrected chi connectivity index (χ0v) is 12.8. The van der Waals surface area contributed by atoms with Crippen molar-refractivity contribution in [2.75, 3.05) is 17.2 Å². The van der Waals surface area contributed by atoms with E-state index in [1.54, 1.807) is 0 Å². The zero-order chi connectivity index (χ0) is 19.5. The second kappa shape index (κ2) is 7.22. The molecule has 0 heterocycles. The molecule has 0 radical (unpaired) electrons. The summed E-state index contributed by atoms with van der Waals surface area (Å²) < 4.78 is 88.3. The molecule has 0 saturated heterocycles. The molecule has 0 aliphatic heterocycles. The average molecular weight is 380 g/mol. The minimum atomic E-state index is -4.99. The fraction of sp³-hybridized carbons (Fsp3) is 0.188. The molecule has 0 aromatic heterocycles. The summed E-state index contributed by atoms with van der Waals surface area (Å²) in [6.45, 7) is -1.37. The maximum absolute atomic E-state index is 13.3. The van der Waals surface area contributed by atoms with Gasteiger partial charge in [0.2, 0.25) is 0 Å². The van der Waals surface area contributed by atoms with E-state index >= 15 is 0 Å². The van der Waals surface area contributed by atoms with Crippen LogP contribution in [0.1, 0.15) is 15.9 Å². The van der Waals surface area contributed by atoms with Crippen molar-refractivity contribution in [2.24, 2.45) is 0 Å². The fourth-order valence-electron chi connectivity index (χ4n) is 2.02. The Bertz CT molecular complexity index is 800. The van der Waals surface area contributed by atoms with Crippen molar-refractivity contribution < 1.29 is 35.5 Å². The highest BCUT2D eigenvalue weighted by Gasteiger charge is 2.34. The lowest BCUT2D eigenvalue weighted by molar-refractivity contribution is -0.140. The van der Waals surface area contributed by atoms with Crippen molar-refractivity contribution in [3.63, 3.8) is 0 Å². The Balaban J connectivity index is 2.23. The molecule has 2 aromatic carbocycles. The van der Waals surface area contributed by atoms with Gasteiger partial charge in [-0.25, -0.2) is 4.39 Å². The molecule has 2 N–H and O–H groups in total. The van der Waals surface area contributed by atoms with E-state index in [4.69, 9.17) is 0 Å². The quantitative estimate of drug-likeness (QED) is 0.727. The van der Waals surface area contributed by atoms with E-state index in [1.165, 1.54) is 24.3 Å². The third kappa shape index (κ3) is 5.11. The van der Waals surface area contributed by atoms with Crippen LogP contribution in [-0.4, -0.2) is 18.6 Å². The largest absolute Gasteiger partial charge is 0.419 e. The molecule has 0 atom stereocenters. The molecule has 2 aromatic rings. The number of halogens is 7. The van der Waals surface area contributed by atoms with Gasteiger partial charge in [0.15, 0.2) is 0 Å². The number of amides is 1. The molecular weight excluding hydrogens is 369 g/mol. The first-order chi connectivity index (χ1) is 12.0. The number of hydrogen-bond donors (Lipinski definition) is 2. The fourth-order valence-corrected chi connectivity index (χ4v) is 2.02. The number of carbonyl (C=O) groups excluding carboxylic acids is 1. The third-order valence-corrected chi connectivity index (χ3v) is 3.19. The lowest BCUT2D eigenvalue weighted by atomic mass is 10.1. The number of para-hydroxylation sites is 2. The molecule has 0 saturated carbocycles. The van der Waals surface area contributed by atoms with Gasteiger partial charge in [0.05, 0.1) is 16.9 Å². The van der Waals surface area contributed by atoms with E-state index in [-0.39, 0.29) is 11.4 Å². The number of alkyl halides is 6. The van der Waals surface area contributed by atoms with Crippen molar-refractivity contribution in [1.82, 2.24) is 0 Å². The van der Waals surface area contributed by atoms with Crippen molar-refractivity contribution in [3.8, 4) is 0 Å². The summed E-state index contributed by atoms with van der Waals surface area (Å²) in [5, 5.41) is 4.28. The first-order valence-corrected chi connectivity index (χ1v) is 7.05. The number of anilines is 2. The van der Waals surface area contributed by atoms with Crippen LogP contribution in [0, 0.1) is 5.82 Å². The lowest BCUT2D eigenvalue weighted by Crippen LogP contribution is -2.22. The molecule has 26 heavy (non-hydrogen) atoms. The monoisotopic (exact) mass is 380 g/mol. The molecule has 0 bridgehead atoms. The molecule has 0 spiro atoms. The Hall–Kier alpha value is -2.78. The minimum Gasteiger partial charge on any atom is -0.375 e. The predicted molar refractivity (Wildman–Crippen MR) is 80.3 cm³/mol. The van der Waals surface area contributed by atoms with E-state index in [0.717, 1.165) is 6.07 Å².